The van der Waals surface area contributed by atoms with E-state index in [-0.39, 0.29) is 16.8 Å². The quantitative estimate of drug-likeness (QED) is 0.654. The Labute approximate surface area is 127 Å². The molecule has 0 saturated heterocycles. The number of hydrogen-bond acceptors (Lipinski definition) is 4. The van der Waals surface area contributed by atoms with Crippen LogP contribution in [0.4, 0.5) is 5.69 Å². The molecule has 0 aliphatic heterocycles. The van der Waals surface area contributed by atoms with E-state index in [1.807, 2.05) is 25.1 Å². The number of ether oxygens (including phenoxy) is 1. The fraction of sp³-hybridized carbons (Fsp3) is 0.200. The van der Waals surface area contributed by atoms with Gasteiger partial charge in [-0.2, -0.15) is 0 Å². The number of nitro groups is 1. The van der Waals surface area contributed by atoms with Crippen molar-refractivity contribution in [3.63, 3.8) is 0 Å². The van der Waals surface area contributed by atoms with Gasteiger partial charge in [0.15, 0.2) is 0 Å². The van der Waals surface area contributed by atoms with Gasteiger partial charge >= 0.3 is 0 Å². The first-order valence-electron chi connectivity index (χ1n) is 6.49. The van der Waals surface area contributed by atoms with E-state index in [0.29, 0.717) is 11.5 Å². The highest BCUT2D eigenvalue weighted by atomic mass is 35.5. The van der Waals surface area contributed by atoms with Gasteiger partial charge in [-0.05, 0) is 18.6 Å². The fourth-order valence-electron chi connectivity index (χ4n) is 1.93. The summed E-state index contributed by atoms with van der Waals surface area (Å²) in [6.07, 6.45) is 0.779. The van der Waals surface area contributed by atoms with Gasteiger partial charge < -0.3 is 10.5 Å². The molecule has 5 nitrogen and oxygen atoms in total. The highest BCUT2D eigenvalue weighted by Gasteiger charge is 2.15. The summed E-state index contributed by atoms with van der Waals surface area (Å²) in [6.45, 7) is 1.99. The summed E-state index contributed by atoms with van der Waals surface area (Å²) < 4.78 is 5.76. The Morgan fingerprint density at radius 1 is 1.33 bits per heavy atom. The number of para-hydroxylation sites is 1. The number of hydrogen-bond donors (Lipinski definition) is 1. The standard InChI is InChI=1S/C15H15ClN2O3/c1-2-13(17)11-5-3-4-6-15(11)21-10-7-8-14(18(19)20)12(16)9-10/h3-9,13H,2,17H2,1H3/t13-/m0/s1. The van der Waals surface area contributed by atoms with E-state index in [1.54, 1.807) is 6.07 Å². The van der Waals surface area contributed by atoms with Crippen molar-refractivity contribution in [2.45, 2.75) is 19.4 Å². The molecule has 0 bridgehead atoms. The Kier molecular flexibility index (Phi) is 4.77. The van der Waals surface area contributed by atoms with Gasteiger partial charge in [0.05, 0.1) is 4.92 Å². The van der Waals surface area contributed by atoms with Crippen LogP contribution in [0.15, 0.2) is 42.5 Å². The van der Waals surface area contributed by atoms with E-state index in [4.69, 9.17) is 22.1 Å². The zero-order valence-electron chi connectivity index (χ0n) is 11.5. The predicted octanol–water partition coefficient (Wildman–Crippen LogP) is 4.45. The second kappa shape index (κ2) is 6.56. The van der Waals surface area contributed by atoms with Gasteiger partial charge in [0, 0.05) is 23.7 Å². The minimum absolute atomic E-state index is 0.0368. The van der Waals surface area contributed by atoms with Crippen LogP contribution < -0.4 is 10.5 Å². The lowest BCUT2D eigenvalue weighted by Gasteiger charge is -2.15. The maximum atomic E-state index is 10.7. The molecule has 1 atom stereocenters. The van der Waals surface area contributed by atoms with Crippen LogP contribution in [0.5, 0.6) is 11.5 Å². The second-order valence-corrected chi connectivity index (χ2v) is 4.93. The lowest BCUT2D eigenvalue weighted by Crippen LogP contribution is -2.09. The minimum atomic E-state index is -0.535. The number of nitrogens with zero attached hydrogens (tertiary/aromatic N) is 1. The number of benzene rings is 2. The van der Waals surface area contributed by atoms with Crippen LogP contribution in [0.25, 0.3) is 0 Å². The Morgan fingerprint density at radius 3 is 2.67 bits per heavy atom. The van der Waals surface area contributed by atoms with E-state index in [1.165, 1.54) is 18.2 Å². The van der Waals surface area contributed by atoms with Gasteiger partial charge in [-0.15, -0.1) is 0 Å². The van der Waals surface area contributed by atoms with E-state index in [0.717, 1.165) is 12.0 Å². The van der Waals surface area contributed by atoms with Crippen LogP contribution in [0.2, 0.25) is 5.02 Å². The molecule has 2 N–H and O–H groups in total. The van der Waals surface area contributed by atoms with Gasteiger partial charge in [0.1, 0.15) is 16.5 Å². The maximum absolute atomic E-state index is 10.7. The number of nitro benzene ring substituents is 1. The first-order valence-corrected chi connectivity index (χ1v) is 6.87. The molecule has 2 aromatic carbocycles. The third-order valence-electron chi connectivity index (χ3n) is 3.10. The number of halogens is 1. The molecule has 0 aliphatic rings. The van der Waals surface area contributed by atoms with E-state index in [2.05, 4.69) is 0 Å². The molecule has 0 radical (unpaired) electrons. The average Bonchev–Trinajstić information content (AvgIpc) is 2.46. The van der Waals surface area contributed by atoms with Crippen LogP contribution >= 0.6 is 11.6 Å². The highest BCUT2D eigenvalue weighted by Crippen LogP contribution is 2.33. The summed E-state index contributed by atoms with van der Waals surface area (Å²) >= 11 is 5.87. The average molecular weight is 307 g/mol. The van der Waals surface area contributed by atoms with Crippen LogP contribution in [-0.4, -0.2) is 4.92 Å². The fourth-order valence-corrected chi connectivity index (χ4v) is 2.17. The summed E-state index contributed by atoms with van der Waals surface area (Å²) in [5.74, 6) is 1.05. The number of nitrogens with two attached hydrogens (primary N) is 1. The maximum Gasteiger partial charge on any atom is 0.288 e. The lowest BCUT2D eigenvalue weighted by molar-refractivity contribution is -0.384. The molecule has 0 spiro atoms. The molecular weight excluding hydrogens is 292 g/mol. The molecule has 0 aromatic heterocycles. The summed E-state index contributed by atoms with van der Waals surface area (Å²) in [5, 5.41) is 10.8. The molecule has 0 saturated carbocycles. The van der Waals surface area contributed by atoms with E-state index in [9.17, 15) is 10.1 Å². The Balaban J connectivity index is 2.31. The molecule has 2 rings (SSSR count). The highest BCUT2D eigenvalue weighted by molar-refractivity contribution is 6.32. The van der Waals surface area contributed by atoms with Gasteiger partial charge in [-0.3, -0.25) is 10.1 Å². The molecule has 21 heavy (non-hydrogen) atoms. The smallest absolute Gasteiger partial charge is 0.288 e. The van der Waals surface area contributed by atoms with Gasteiger partial charge in [0.2, 0.25) is 0 Å². The van der Waals surface area contributed by atoms with Crippen molar-refractivity contribution >= 4 is 17.3 Å². The monoisotopic (exact) mass is 306 g/mol. The van der Waals surface area contributed by atoms with Crippen LogP contribution in [0, 0.1) is 10.1 Å². The third kappa shape index (κ3) is 3.51. The van der Waals surface area contributed by atoms with Crippen LogP contribution in [0.1, 0.15) is 24.9 Å². The SMILES string of the molecule is CC[C@H](N)c1ccccc1Oc1ccc([N+](=O)[O-])c(Cl)c1. The van der Waals surface area contributed by atoms with Crippen LogP contribution in [0.3, 0.4) is 0 Å². The molecule has 0 amide bonds. The minimum Gasteiger partial charge on any atom is -0.457 e. The molecule has 0 fully saturated rings. The second-order valence-electron chi connectivity index (χ2n) is 4.52. The van der Waals surface area contributed by atoms with Crippen molar-refractivity contribution in [3.8, 4) is 11.5 Å². The van der Waals surface area contributed by atoms with E-state index < -0.39 is 4.92 Å². The van der Waals surface area contributed by atoms with Crippen LogP contribution in [-0.2, 0) is 0 Å². The summed E-state index contributed by atoms with van der Waals surface area (Å²) in [6, 6.07) is 11.6. The number of rotatable bonds is 5. The van der Waals surface area contributed by atoms with Gasteiger partial charge in [0.25, 0.3) is 5.69 Å². The lowest BCUT2D eigenvalue weighted by atomic mass is 10.0. The first-order chi connectivity index (χ1) is 10.0. The normalized spacial score (nSPS) is 12.0. The predicted molar refractivity (Wildman–Crippen MR) is 81.8 cm³/mol. The summed E-state index contributed by atoms with van der Waals surface area (Å²) in [5.41, 5.74) is 6.78. The van der Waals surface area contributed by atoms with Crippen molar-refractivity contribution in [1.29, 1.82) is 0 Å². The Morgan fingerprint density at radius 2 is 2.05 bits per heavy atom. The molecule has 110 valence electrons. The van der Waals surface area contributed by atoms with E-state index >= 15 is 0 Å². The van der Waals surface area contributed by atoms with Crippen molar-refractivity contribution < 1.29 is 9.66 Å². The van der Waals surface area contributed by atoms with Gasteiger partial charge in [-0.1, -0.05) is 36.7 Å². The topological polar surface area (TPSA) is 78.4 Å². The van der Waals surface area contributed by atoms with Crippen molar-refractivity contribution in [2.24, 2.45) is 5.73 Å². The third-order valence-corrected chi connectivity index (χ3v) is 3.40. The first kappa shape index (κ1) is 15.3. The molecule has 2 aromatic rings. The summed E-state index contributed by atoms with van der Waals surface area (Å²) in [7, 11) is 0. The molecular formula is C15H15ClN2O3. The molecule has 0 unspecified atom stereocenters. The van der Waals surface area contributed by atoms with Crippen molar-refractivity contribution in [1.82, 2.24) is 0 Å². The largest absolute Gasteiger partial charge is 0.457 e. The zero-order valence-corrected chi connectivity index (χ0v) is 12.2. The molecule has 0 aliphatic carbocycles. The zero-order chi connectivity index (χ0) is 15.4. The van der Waals surface area contributed by atoms with Crippen molar-refractivity contribution in [3.05, 3.63) is 63.2 Å². The molecule has 6 heteroatoms. The summed E-state index contributed by atoms with van der Waals surface area (Å²) in [4.78, 5) is 10.2. The Hall–Kier alpha value is -2.11. The van der Waals surface area contributed by atoms with Crippen molar-refractivity contribution in [2.75, 3.05) is 0 Å². The molecule has 0 heterocycles. The van der Waals surface area contributed by atoms with Gasteiger partial charge in [-0.25, -0.2) is 0 Å². The Bertz CT molecular complexity index is 661.